The molecule has 0 aliphatic carbocycles. The molecule has 0 saturated heterocycles. The van der Waals surface area contributed by atoms with Crippen LogP contribution >= 0.6 is 11.3 Å². The molecule has 0 atom stereocenters. The molecule has 2 rings (SSSR count). The first kappa shape index (κ1) is 14.5. The van der Waals surface area contributed by atoms with Gasteiger partial charge in [-0.05, 0) is 39.0 Å². The molecular weight excluding hydrogens is 274 g/mol. The molecule has 1 heterocycles. The molecule has 0 fully saturated rings. The van der Waals surface area contributed by atoms with Gasteiger partial charge in [0.05, 0.1) is 11.2 Å². The second kappa shape index (κ2) is 5.60. The van der Waals surface area contributed by atoms with Crippen LogP contribution in [0.2, 0.25) is 0 Å². The van der Waals surface area contributed by atoms with E-state index in [4.69, 9.17) is 0 Å². The fourth-order valence-electron chi connectivity index (χ4n) is 1.62. The first-order chi connectivity index (χ1) is 9.38. The standard InChI is InChI=1S/C14H17N3O2S/c1-14(2,3)17(19)11-6-4-5-10(9-11)12(18)16-13-15-7-8-20-13/h4-9,19H,1-3H3,(H,15,16,18). The highest BCUT2D eigenvalue weighted by Crippen LogP contribution is 2.23. The van der Waals surface area contributed by atoms with E-state index in [0.717, 1.165) is 5.06 Å². The van der Waals surface area contributed by atoms with E-state index >= 15 is 0 Å². The minimum Gasteiger partial charge on any atom is -0.298 e. The minimum absolute atomic E-state index is 0.246. The van der Waals surface area contributed by atoms with Crippen molar-refractivity contribution in [1.29, 1.82) is 0 Å². The average molecular weight is 291 g/mol. The Morgan fingerprint density at radius 2 is 2.15 bits per heavy atom. The van der Waals surface area contributed by atoms with Crippen molar-refractivity contribution in [2.24, 2.45) is 0 Å². The maximum Gasteiger partial charge on any atom is 0.257 e. The summed E-state index contributed by atoms with van der Waals surface area (Å²) in [7, 11) is 0. The number of carbonyl (C=O) groups excluding carboxylic acids is 1. The van der Waals surface area contributed by atoms with Gasteiger partial charge in [-0.3, -0.25) is 20.4 Å². The lowest BCUT2D eigenvalue weighted by Gasteiger charge is -2.31. The second-order valence-corrected chi connectivity index (χ2v) is 6.22. The Hall–Kier alpha value is -1.92. The van der Waals surface area contributed by atoms with Crippen LogP contribution in [0.1, 0.15) is 31.1 Å². The number of hydroxylamine groups is 1. The zero-order chi connectivity index (χ0) is 14.8. The lowest BCUT2D eigenvalue weighted by molar-refractivity contribution is 0.102. The molecule has 106 valence electrons. The average Bonchev–Trinajstić information content (AvgIpc) is 2.89. The number of thiazole rings is 1. The first-order valence-electron chi connectivity index (χ1n) is 6.18. The summed E-state index contributed by atoms with van der Waals surface area (Å²) in [4.78, 5) is 16.1. The molecule has 6 heteroatoms. The Labute approximate surface area is 121 Å². The van der Waals surface area contributed by atoms with Crippen molar-refractivity contribution < 1.29 is 10.0 Å². The van der Waals surface area contributed by atoms with E-state index in [-0.39, 0.29) is 5.91 Å². The van der Waals surface area contributed by atoms with Crippen molar-refractivity contribution in [2.45, 2.75) is 26.3 Å². The van der Waals surface area contributed by atoms with Crippen LogP contribution in [-0.2, 0) is 0 Å². The number of anilines is 2. The highest BCUT2D eigenvalue weighted by Gasteiger charge is 2.20. The SMILES string of the molecule is CC(C)(C)N(O)c1cccc(C(=O)Nc2nccs2)c1. The Morgan fingerprint density at radius 1 is 1.40 bits per heavy atom. The molecule has 0 saturated carbocycles. The van der Waals surface area contributed by atoms with E-state index in [1.165, 1.54) is 11.3 Å². The van der Waals surface area contributed by atoms with E-state index in [1.807, 2.05) is 20.8 Å². The molecule has 20 heavy (non-hydrogen) atoms. The summed E-state index contributed by atoms with van der Waals surface area (Å²) in [5.74, 6) is -0.246. The second-order valence-electron chi connectivity index (χ2n) is 5.32. The topological polar surface area (TPSA) is 65.5 Å². The lowest BCUT2D eigenvalue weighted by atomic mass is 10.1. The normalized spacial score (nSPS) is 11.2. The summed E-state index contributed by atoms with van der Waals surface area (Å²) in [5, 5.41) is 16.3. The van der Waals surface area contributed by atoms with Gasteiger partial charge in [-0.15, -0.1) is 11.3 Å². The molecule has 2 N–H and O–H groups in total. The van der Waals surface area contributed by atoms with Gasteiger partial charge in [-0.25, -0.2) is 4.98 Å². The number of benzene rings is 1. The van der Waals surface area contributed by atoms with Gasteiger partial charge in [-0.2, -0.15) is 0 Å². The van der Waals surface area contributed by atoms with Crippen LogP contribution in [0.5, 0.6) is 0 Å². The summed E-state index contributed by atoms with van der Waals surface area (Å²) < 4.78 is 0. The molecule has 0 radical (unpaired) electrons. The van der Waals surface area contributed by atoms with Crippen molar-refractivity contribution in [3.8, 4) is 0 Å². The summed E-state index contributed by atoms with van der Waals surface area (Å²) in [5.41, 5.74) is 0.606. The number of nitrogens with one attached hydrogen (secondary N) is 1. The number of carbonyl (C=O) groups is 1. The molecule has 2 aromatic rings. The zero-order valence-electron chi connectivity index (χ0n) is 11.6. The number of amides is 1. The number of rotatable bonds is 3. The van der Waals surface area contributed by atoms with Crippen LogP contribution < -0.4 is 10.4 Å². The Kier molecular flexibility index (Phi) is 4.06. The molecule has 0 unspecified atom stereocenters. The fraction of sp³-hybridized carbons (Fsp3) is 0.286. The Morgan fingerprint density at radius 3 is 2.75 bits per heavy atom. The van der Waals surface area contributed by atoms with Gasteiger partial charge in [0.25, 0.3) is 5.91 Å². The fourth-order valence-corrected chi connectivity index (χ4v) is 2.14. The maximum absolute atomic E-state index is 12.1. The monoisotopic (exact) mass is 291 g/mol. The number of aromatic nitrogens is 1. The maximum atomic E-state index is 12.1. The van der Waals surface area contributed by atoms with E-state index in [9.17, 15) is 10.0 Å². The van der Waals surface area contributed by atoms with Gasteiger partial charge < -0.3 is 0 Å². The highest BCUT2D eigenvalue weighted by atomic mass is 32.1. The summed E-state index contributed by atoms with van der Waals surface area (Å²) in [6.07, 6.45) is 1.63. The van der Waals surface area contributed by atoms with Crippen molar-refractivity contribution in [2.75, 3.05) is 10.4 Å². The first-order valence-corrected chi connectivity index (χ1v) is 7.06. The van der Waals surface area contributed by atoms with E-state index < -0.39 is 5.54 Å². The lowest BCUT2D eigenvalue weighted by Crippen LogP contribution is -2.38. The summed E-state index contributed by atoms with van der Waals surface area (Å²) in [6.45, 7) is 5.65. The van der Waals surface area contributed by atoms with Crippen LogP contribution in [-0.4, -0.2) is 21.6 Å². The predicted octanol–water partition coefficient (Wildman–Crippen LogP) is 3.39. The predicted molar refractivity (Wildman–Crippen MR) is 80.5 cm³/mol. The van der Waals surface area contributed by atoms with Gasteiger partial charge in [-0.1, -0.05) is 6.07 Å². The van der Waals surface area contributed by atoms with Gasteiger partial charge in [0.2, 0.25) is 0 Å². The van der Waals surface area contributed by atoms with Crippen molar-refractivity contribution in [3.05, 3.63) is 41.4 Å². The molecular formula is C14H17N3O2S. The third kappa shape index (κ3) is 3.34. The van der Waals surface area contributed by atoms with E-state index in [1.54, 1.807) is 35.8 Å². The zero-order valence-corrected chi connectivity index (χ0v) is 12.4. The van der Waals surface area contributed by atoms with Crippen molar-refractivity contribution >= 4 is 28.1 Å². The van der Waals surface area contributed by atoms with Gasteiger partial charge in [0.15, 0.2) is 5.13 Å². The van der Waals surface area contributed by atoms with E-state index in [0.29, 0.717) is 16.4 Å². The third-order valence-corrected chi connectivity index (χ3v) is 3.33. The smallest absolute Gasteiger partial charge is 0.257 e. The van der Waals surface area contributed by atoms with Crippen LogP contribution in [0.15, 0.2) is 35.8 Å². The molecule has 5 nitrogen and oxygen atoms in total. The largest absolute Gasteiger partial charge is 0.298 e. The third-order valence-electron chi connectivity index (χ3n) is 2.64. The number of nitrogens with zero attached hydrogens (tertiary/aromatic N) is 2. The molecule has 1 aromatic carbocycles. The van der Waals surface area contributed by atoms with Gasteiger partial charge >= 0.3 is 0 Å². The number of hydrogen-bond acceptors (Lipinski definition) is 5. The summed E-state index contributed by atoms with van der Waals surface area (Å²) >= 11 is 1.36. The van der Waals surface area contributed by atoms with Gasteiger partial charge in [0.1, 0.15) is 0 Å². The van der Waals surface area contributed by atoms with Crippen LogP contribution in [0, 0.1) is 0 Å². The van der Waals surface area contributed by atoms with Gasteiger partial charge in [0, 0.05) is 17.1 Å². The number of hydrogen-bond donors (Lipinski definition) is 2. The Balaban J connectivity index is 2.19. The Bertz CT molecular complexity index is 591. The van der Waals surface area contributed by atoms with E-state index in [2.05, 4.69) is 10.3 Å². The van der Waals surface area contributed by atoms with Crippen molar-refractivity contribution in [1.82, 2.24) is 4.98 Å². The molecule has 0 aliphatic rings. The van der Waals surface area contributed by atoms with Crippen LogP contribution in [0.25, 0.3) is 0 Å². The highest BCUT2D eigenvalue weighted by molar-refractivity contribution is 7.13. The van der Waals surface area contributed by atoms with Crippen LogP contribution in [0.3, 0.4) is 0 Å². The minimum atomic E-state index is -0.440. The molecule has 1 amide bonds. The summed E-state index contributed by atoms with van der Waals surface area (Å²) in [6, 6.07) is 6.84. The molecule has 0 spiro atoms. The molecule has 0 bridgehead atoms. The quantitative estimate of drug-likeness (QED) is 0.851. The van der Waals surface area contributed by atoms with Crippen molar-refractivity contribution in [3.63, 3.8) is 0 Å². The van der Waals surface area contributed by atoms with Crippen LogP contribution in [0.4, 0.5) is 10.8 Å². The molecule has 1 aromatic heterocycles. The molecule has 0 aliphatic heterocycles.